The van der Waals surface area contributed by atoms with Crippen LogP contribution in [0.3, 0.4) is 0 Å². The van der Waals surface area contributed by atoms with Crippen LogP contribution in [0.5, 0.6) is 0 Å². The quantitative estimate of drug-likeness (QED) is 0.776. The van der Waals surface area contributed by atoms with E-state index in [1.165, 1.54) is 0 Å². The van der Waals surface area contributed by atoms with Crippen molar-refractivity contribution in [3.63, 3.8) is 0 Å². The third-order valence-corrected chi connectivity index (χ3v) is 4.07. The molecule has 0 radical (unpaired) electrons. The lowest BCUT2D eigenvalue weighted by molar-refractivity contribution is -0.169. The van der Waals surface area contributed by atoms with E-state index in [0.29, 0.717) is 12.8 Å². The highest BCUT2D eigenvalue weighted by Crippen LogP contribution is 2.54. The molecule has 4 heteroatoms. The number of carbonyl (C=O) groups is 2. The second-order valence-electron chi connectivity index (χ2n) is 9.09. The van der Waals surface area contributed by atoms with Crippen molar-refractivity contribution in [2.24, 2.45) is 28.1 Å². The third-order valence-electron chi connectivity index (χ3n) is 4.07. The molecule has 0 amide bonds. The molecule has 0 saturated heterocycles. The summed E-state index contributed by atoms with van der Waals surface area (Å²) in [4.78, 5) is 24.0. The van der Waals surface area contributed by atoms with Gasteiger partial charge in [0.1, 0.15) is 0 Å². The molecule has 1 saturated carbocycles. The smallest absolute Gasteiger partial charge is 0.310 e. The Morgan fingerprint density at radius 3 is 1.52 bits per heavy atom. The number of aliphatic carboxylic acids is 2. The van der Waals surface area contributed by atoms with Crippen molar-refractivity contribution in [2.45, 2.75) is 67.2 Å². The van der Waals surface area contributed by atoms with Crippen LogP contribution in [-0.2, 0) is 9.59 Å². The number of carboxylic acids is 2. The zero-order valence-electron chi connectivity index (χ0n) is 14.2. The van der Waals surface area contributed by atoms with E-state index in [0.717, 1.165) is 12.8 Å². The van der Waals surface area contributed by atoms with Gasteiger partial charge in [0.2, 0.25) is 0 Å². The van der Waals surface area contributed by atoms with Gasteiger partial charge in [0.05, 0.1) is 11.3 Å². The lowest BCUT2D eigenvalue weighted by atomic mass is 9.59. The van der Waals surface area contributed by atoms with Gasteiger partial charge in [-0.05, 0) is 42.4 Å². The van der Waals surface area contributed by atoms with E-state index in [1.807, 2.05) is 41.5 Å². The summed E-state index contributed by atoms with van der Waals surface area (Å²) in [6.45, 7) is 11.9. The van der Waals surface area contributed by atoms with E-state index in [-0.39, 0.29) is 16.7 Å². The van der Waals surface area contributed by atoms with Gasteiger partial charge in [-0.1, -0.05) is 41.5 Å². The zero-order valence-corrected chi connectivity index (χ0v) is 14.2. The predicted octanol–water partition coefficient (Wildman–Crippen LogP) is 4.04. The van der Waals surface area contributed by atoms with Gasteiger partial charge in [-0.15, -0.1) is 0 Å². The summed E-state index contributed by atoms with van der Waals surface area (Å²) in [5.74, 6) is -2.67. The van der Waals surface area contributed by atoms with Gasteiger partial charge in [-0.25, -0.2) is 0 Å². The maximum atomic E-state index is 12.2. The van der Waals surface area contributed by atoms with Gasteiger partial charge in [0, 0.05) is 0 Å². The first-order valence-corrected chi connectivity index (χ1v) is 7.75. The Labute approximate surface area is 127 Å². The van der Waals surface area contributed by atoms with Crippen molar-refractivity contribution >= 4 is 11.9 Å². The van der Waals surface area contributed by atoms with Crippen LogP contribution in [0, 0.1) is 28.1 Å². The average molecular weight is 298 g/mol. The molecule has 4 nitrogen and oxygen atoms in total. The molecule has 1 aliphatic rings. The number of hydrogen-bond donors (Lipinski definition) is 2. The van der Waals surface area contributed by atoms with E-state index in [4.69, 9.17) is 0 Å². The molecule has 0 aliphatic heterocycles. The second kappa shape index (κ2) is 5.62. The summed E-state index contributed by atoms with van der Waals surface area (Å²) >= 11 is 0. The first-order valence-electron chi connectivity index (χ1n) is 7.75. The highest BCUT2D eigenvalue weighted by Gasteiger charge is 2.57. The minimum atomic E-state index is -1.19. The van der Waals surface area contributed by atoms with Crippen LogP contribution in [0.4, 0.5) is 0 Å². The second-order valence-corrected chi connectivity index (χ2v) is 9.09. The topological polar surface area (TPSA) is 74.6 Å². The fourth-order valence-corrected chi connectivity index (χ4v) is 3.78. The molecule has 0 heterocycles. The Morgan fingerprint density at radius 2 is 1.33 bits per heavy atom. The van der Waals surface area contributed by atoms with E-state index in [1.54, 1.807) is 0 Å². The van der Waals surface area contributed by atoms with Crippen LogP contribution in [0.25, 0.3) is 0 Å². The largest absolute Gasteiger partial charge is 0.481 e. The molecule has 2 N–H and O–H groups in total. The van der Waals surface area contributed by atoms with Crippen LogP contribution >= 0.6 is 0 Å². The molecule has 0 aromatic carbocycles. The van der Waals surface area contributed by atoms with Crippen LogP contribution in [-0.4, -0.2) is 22.2 Å². The minimum Gasteiger partial charge on any atom is -0.481 e. The number of rotatable bonds is 6. The van der Waals surface area contributed by atoms with Gasteiger partial charge in [-0.3, -0.25) is 9.59 Å². The lowest BCUT2D eigenvalue weighted by Gasteiger charge is -2.43. The summed E-state index contributed by atoms with van der Waals surface area (Å²) in [6, 6.07) is 0. The summed E-state index contributed by atoms with van der Waals surface area (Å²) in [5.41, 5.74) is -1.65. The average Bonchev–Trinajstić information content (AvgIpc) is 2.94. The normalized spacial score (nSPS) is 18.4. The van der Waals surface area contributed by atoms with Gasteiger partial charge in [0.15, 0.2) is 0 Å². The molecule has 0 bridgehead atoms. The molecule has 1 atom stereocenters. The maximum absolute atomic E-state index is 12.2. The maximum Gasteiger partial charge on any atom is 0.310 e. The highest BCUT2D eigenvalue weighted by molar-refractivity contribution is 5.84. The Bertz CT molecular complexity index is 391. The molecule has 0 aromatic rings. The SMILES string of the molecule is CC(C)(C)CC(CC(C)(C)C)(C(=O)O)C(C(=O)O)C1CC1. The van der Waals surface area contributed by atoms with E-state index >= 15 is 0 Å². The van der Waals surface area contributed by atoms with Crippen molar-refractivity contribution in [2.75, 3.05) is 0 Å². The molecular weight excluding hydrogens is 268 g/mol. The first kappa shape index (κ1) is 18.0. The Morgan fingerprint density at radius 1 is 0.952 bits per heavy atom. The van der Waals surface area contributed by atoms with Crippen LogP contribution in [0.2, 0.25) is 0 Å². The predicted molar refractivity (Wildman–Crippen MR) is 82.1 cm³/mol. The van der Waals surface area contributed by atoms with Crippen LogP contribution in [0.15, 0.2) is 0 Å². The molecule has 1 unspecified atom stereocenters. The molecular formula is C17H30O4. The van der Waals surface area contributed by atoms with Gasteiger partial charge >= 0.3 is 11.9 Å². The molecule has 1 fully saturated rings. The van der Waals surface area contributed by atoms with E-state index in [9.17, 15) is 19.8 Å². The molecule has 21 heavy (non-hydrogen) atoms. The fraction of sp³-hybridized carbons (Fsp3) is 0.882. The summed E-state index contributed by atoms with van der Waals surface area (Å²) in [7, 11) is 0. The zero-order chi connectivity index (χ0) is 16.6. The van der Waals surface area contributed by atoms with E-state index < -0.39 is 23.3 Å². The monoisotopic (exact) mass is 298 g/mol. The van der Waals surface area contributed by atoms with Crippen LogP contribution < -0.4 is 0 Å². The molecule has 122 valence electrons. The Balaban J connectivity index is 3.34. The van der Waals surface area contributed by atoms with Crippen molar-refractivity contribution in [3.05, 3.63) is 0 Å². The van der Waals surface area contributed by atoms with Gasteiger partial charge < -0.3 is 10.2 Å². The van der Waals surface area contributed by atoms with Gasteiger partial charge in [-0.2, -0.15) is 0 Å². The Hall–Kier alpha value is -1.06. The van der Waals surface area contributed by atoms with E-state index in [2.05, 4.69) is 0 Å². The number of carboxylic acid groups (broad SMARTS) is 2. The molecule has 1 aliphatic carbocycles. The van der Waals surface area contributed by atoms with Crippen LogP contribution in [0.1, 0.15) is 67.2 Å². The molecule has 0 aromatic heterocycles. The first-order chi connectivity index (χ1) is 9.28. The van der Waals surface area contributed by atoms with Gasteiger partial charge in [0.25, 0.3) is 0 Å². The standard InChI is InChI=1S/C17H30O4/c1-15(2,3)9-17(14(20)21,10-16(4,5)6)12(13(18)19)11-7-8-11/h11-12H,7-10H2,1-6H3,(H,18,19)(H,20,21). The number of hydrogen-bond acceptors (Lipinski definition) is 2. The summed E-state index contributed by atoms with van der Waals surface area (Å²) in [5, 5.41) is 19.7. The lowest BCUT2D eigenvalue weighted by Crippen LogP contribution is -2.48. The fourth-order valence-electron chi connectivity index (χ4n) is 3.78. The highest BCUT2D eigenvalue weighted by atomic mass is 16.4. The minimum absolute atomic E-state index is 0.0169. The van der Waals surface area contributed by atoms with Crippen molar-refractivity contribution < 1.29 is 19.8 Å². The summed E-state index contributed by atoms with van der Waals surface area (Å²) < 4.78 is 0. The Kier molecular flexibility index (Phi) is 4.81. The van der Waals surface area contributed by atoms with Crippen molar-refractivity contribution in [1.29, 1.82) is 0 Å². The molecule has 1 rings (SSSR count). The molecule has 0 spiro atoms. The van der Waals surface area contributed by atoms with Crippen molar-refractivity contribution in [3.8, 4) is 0 Å². The summed E-state index contributed by atoms with van der Waals surface area (Å²) in [6.07, 6.45) is 2.45. The third kappa shape index (κ3) is 4.72. The van der Waals surface area contributed by atoms with Crippen molar-refractivity contribution in [1.82, 2.24) is 0 Å².